The Labute approximate surface area is 186 Å². The number of nitrogens with zero attached hydrogens (tertiary/aromatic N) is 1. The Hall–Kier alpha value is -3.86. The quantitative estimate of drug-likeness (QED) is 0.443. The van der Waals surface area contributed by atoms with Crippen LogP contribution in [0.1, 0.15) is 34.8 Å². The van der Waals surface area contributed by atoms with Crippen LogP contribution in [0.4, 0.5) is 5.82 Å². The molecule has 5 heteroatoms. The molecule has 0 saturated carbocycles. The number of nitrogens with two attached hydrogens (primary N) is 1. The summed E-state index contributed by atoms with van der Waals surface area (Å²) in [5, 5.41) is 11.3. The summed E-state index contributed by atoms with van der Waals surface area (Å²) in [6, 6.07) is 19.9. The van der Waals surface area contributed by atoms with Crippen molar-refractivity contribution in [3.63, 3.8) is 0 Å². The van der Waals surface area contributed by atoms with Gasteiger partial charge in [0.15, 0.2) is 0 Å². The van der Waals surface area contributed by atoms with E-state index in [1.807, 2.05) is 42.5 Å². The molecule has 0 bridgehead atoms. The zero-order valence-electron chi connectivity index (χ0n) is 17.8. The Morgan fingerprint density at radius 2 is 1.97 bits per heavy atom. The molecular weight excluding hydrogens is 400 g/mol. The van der Waals surface area contributed by atoms with E-state index in [2.05, 4.69) is 30.1 Å². The van der Waals surface area contributed by atoms with Gasteiger partial charge in [-0.1, -0.05) is 42.5 Å². The van der Waals surface area contributed by atoms with Crippen molar-refractivity contribution in [2.75, 3.05) is 5.73 Å². The third kappa shape index (κ3) is 3.56. The standard InChI is InChI=1S/C27H24N2O3/c1-16-13-18(20-6-4-7-22-21(20)11-12-29-27(22)28)14-23-19(16)9-10-25(23)32-24-8-3-2-5-17(24)15-26(30)31/h2-8,11-14,25H,9-10,15H2,1H3,(H2,28,29)(H,30,31). The second-order valence-corrected chi connectivity index (χ2v) is 8.28. The highest BCUT2D eigenvalue weighted by Crippen LogP contribution is 2.41. The molecule has 0 aliphatic heterocycles. The van der Waals surface area contributed by atoms with E-state index in [0.29, 0.717) is 17.1 Å². The number of ether oxygens (including phenoxy) is 1. The van der Waals surface area contributed by atoms with Crippen LogP contribution in [-0.2, 0) is 17.6 Å². The van der Waals surface area contributed by atoms with Crippen molar-refractivity contribution >= 4 is 22.6 Å². The molecule has 4 aromatic rings. The molecule has 3 N–H and O–H groups in total. The average Bonchev–Trinajstić information content (AvgIpc) is 3.18. The predicted molar refractivity (Wildman–Crippen MR) is 126 cm³/mol. The molecule has 5 rings (SSSR count). The lowest BCUT2D eigenvalue weighted by Gasteiger charge is -2.19. The summed E-state index contributed by atoms with van der Waals surface area (Å²) in [7, 11) is 0. The molecule has 1 heterocycles. The summed E-state index contributed by atoms with van der Waals surface area (Å²) >= 11 is 0. The van der Waals surface area contributed by atoms with E-state index >= 15 is 0 Å². The minimum absolute atomic E-state index is 0.0553. The van der Waals surface area contributed by atoms with Gasteiger partial charge < -0.3 is 15.6 Å². The van der Waals surface area contributed by atoms with E-state index in [1.54, 1.807) is 6.20 Å². The van der Waals surface area contributed by atoms with Crippen molar-refractivity contribution in [2.24, 2.45) is 0 Å². The van der Waals surface area contributed by atoms with Gasteiger partial charge in [-0.05, 0) is 71.2 Å². The molecule has 160 valence electrons. The largest absolute Gasteiger partial charge is 0.485 e. The topological polar surface area (TPSA) is 85.4 Å². The Morgan fingerprint density at radius 3 is 2.81 bits per heavy atom. The van der Waals surface area contributed by atoms with Gasteiger partial charge >= 0.3 is 5.97 Å². The van der Waals surface area contributed by atoms with E-state index in [-0.39, 0.29) is 12.5 Å². The normalized spacial score (nSPS) is 15.0. The number of fused-ring (bicyclic) bond motifs is 2. The van der Waals surface area contributed by atoms with Gasteiger partial charge in [0, 0.05) is 17.1 Å². The Bertz CT molecular complexity index is 1350. The number of aliphatic carboxylic acids is 1. The zero-order chi connectivity index (χ0) is 22.2. The van der Waals surface area contributed by atoms with E-state index in [0.717, 1.165) is 34.7 Å². The minimum atomic E-state index is -0.865. The van der Waals surface area contributed by atoms with Crippen LogP contribution in [-0.4, -0.2) is 16.1 Å². The molecule has 0 fully saturated rings. The summed E-state index contributed by atoms with van der Waals surface area (Å²) in [6.45, 7) is 2.14. The van der Waals surface area contributed by atoms with Crippen LogP contribution in [0.25, 0.3) is 21.9 Å². The molecule has 0 spiro atoms. The number of carbonyl (C=O) groups is 1. The lowest BCUT2D eigenvalue weighted by molar-refractivity contribution is -0.136. The molecule has 1 aliphatic rings. The predicted octanol–water partition coefficient (Wildman–Crippen LogP) is 5.49. The monoisotopic (exact) mass is 424 g/mol. The van der Waals surface area contributed by atoms with Gasteiger partial charge in [0.2, 0.25) is 0 Å². The number of para-hydroxylation sites is 1. The number of carboxylic acid groups (broad SMARTS) is 1. The van der Waals surface area contributed by atoms with Gasteiger partial charge in [0.1, 0.15) is 17.7 Å². The second-order valence-electron chi connectivity index (χ2n) is 8.28. The van der Waals surface area contributed by atoms with Gasteiger partial charge in [0.25, 0.3) is 0 Å². The summed E-state index contributed by atoms with van der Waals surface area (Å²) in [4.78, 5) is 15.5. The number of nitrogen functional groups attached to an aromatic ring is 1. The molecule has 1 aliphatic carbocycles. The van der Waals surface area contributed by atoms with Crippen LogP contribution in [0.15, 0.2) is 66.9 Å². The third-order valence-electron chi connectivity index (χ3n) is 6.24. The second kappa shape index (κ2) is 8.00. The van der Waals surface area contributed by atoms with Crippen LogP contribution in [0.5, 0.6) is 5.75 Å². The summed E-state index contributed by atoms with van der Waals surface area (Å²) in [5.41, 5.74) is 12.8. The molecule has 5 nitrogen and oxygen atoms in total. The Morgan fingerprint density at radius 1 is 1.12 bits per heavy atom. The van der Waals surface area contributed by atoms with E-state index in [1.165, 1.54) is 16.7 Å². The third-order valence-corrected chi connectivity index (χ3v) is 6.24. The molecule has 0 saturated heterocycles. The molecule has 1 aromatic heterocycles. The van der Waals surface area contributed by atoms with Gasteiger partial charge in [-0.3, -0.25) is 4.79 Å². The van der Waals surface area contributed by atoms with Crippen LogP contribution < -0.4 is 10.5 Å². The van der Waals surface area contributed by atoms with E-state index in [9.17, 15) is 9.90 Å². The van der Waals surface area contributed by atoms with Crippen LogP contribution in [0.2, 0.25) is 0 Å². The number of benzene rings is 3. The smallest absolute Gasteiger partial charge is 0.307 e. The van der Waals surface area contributed by atoms with E-state index < -0.39 is 5.97 Å². The van der Waals surface area contributed by atoms with Crippen molar-refractivity contribution in [2.45, 2.75) is 32.3 Å². The first kappa shape index (κ1) is 20.1. The van der Waals surface area contributed by atoms with Gasteiger partial charge in [0.05, 0.1) is 6.42 Å². The minimum Gasteiger partial charge on any atom is -0.485 e. The molecule has 3 aromatic carbocycles. The maximum absolute atomic E-state index is 11.3. The van der Waals surface area contributed by atoms with Crippen molar-refractivity contribution in [3.8, 4) is 16.9 Å². The Kier molecular flexibility index (Phi) is 5.02. The fourth-order valence-corrected chi connectivity index (χ4v) is 4.74. The molecule has 32 heavy (non-hydrogen) atoms. The van der Waals surface area contributed by atoms with Crippen LogP contribution in [0, 0.1) is 6.92 Å². The number of aromatic nitrogens is 1. The number of rotatable bonds is 5. The number of pyridine rings is 1. The molecule has 1 unspecified atom stereocenters. The average molecular weight is 425 g/mol. The first-order valence-corrected chi connectivity index (χ1v) is 10.7. The maximum Gasteiger partial charge on any atom is 0.307 e. The molecule has 0 amide bonds. The number of carboxylic acids is 1. The van der Waals surface area contributed by atoms with Crippen molar-refractivity contribution in [3.05, 3.63) is 89.1 Å². The van der Waals surface area contributed by atoms with Crippen molar-refractivity contribution in [1.82, 2.24) is 4.98 Å². The summed E-state index contributed by atoms with van der Waals surface area (Å²) in [6.07, 6.45) is 3.39. The number of hydrogen-bond donors (Lipinski definition) is 2. The van der Waals surface area contributed by atoms with Crippen molar-refractivity contribution in [1.29, 1.82) is 0 Å². The van der Waals surface area contributed by atoms with Gasteiger partial charge in [-0.25, -0.2) is 4.98 Å². The highest BCUT2D eigenvalue weighted by atomic mass is 16.5. The number of aryl methyl sites for hydroxylation is 1. The maximum atomic E-state index is 11.3. The summed E-state index contributed by atoms with van der Waals surface area (Å²) < 4.78 is 6.39. The number of anilines is 1. The molecule has 0 radical (unpaired) electrons. The van der Waals surface area contributed by atoms with Gasteiger partial charge in [-0.15, -0.1) is 0 Å². The molecular formula is C27H24N2O3. The highest BCUT2D eigenvalue weighted by molar-refractivity contribution is 6.01. The van der Waals surface area contributed by atoms with E-state index in [4.69, 9.17) is 10.5 Å². The van der Waals surface area contributed by atoms with Gasteiger partial charge in [-0.2, -0.15) is 0 Å². The SMILES string of the molecule is Cc1cc(-c2cccc3c(N)nccc23)cc2c1CCC2Oc1ccccc1CC(=O)O. The van der Waals surface area contributed by atoms with Crippen LogP contribution in [0.3, 0.4) is 0 Å². The van der Waals surface area contributed by atoms with Crippen LogP contribution >= 0.6 is 0 Å². The first-order chi connectivity index (χ1) is 15.5. The first-order valence-electron chi connectivity index (χ1n) is 10.7. The molecule has 1 atom stereocenters. The lowest BCUT2D eigenvalue weighted by atomic mass is 9.93. The number of hydrogen-bond acceptors (Lipinski definition) is 4. The Balaban J connectivity index is 1.56. The van der Waals surface area contributed by atoms with Crippen molar-refractivity contribution < 1.29 is 14.6 Å². The summed E-state index contributed by atoms with van der Waals surface area (Å²) in [5.74, 6) is 0.300. The fourth-order valence-electron chi connectivity index (χ4n) is 4.74. The zero-order valence-corrected chi connectivity index (χ0v) is 17.8. The lowest BCUT2D eigenvalue weighted by Crippen LogP contribution is -2.08. The highest BCUT2D eigenvalue weighted by Gasteiger charge is 2.27. The fraction of sp³-hybridized carbons (Fsp3) is 0.185.